The molecule has 0 saturated carbocycles. The lowest BCUT2D eigenvalue weighted by molar-refractivity contribution is 0.584. The molecule has 0 N–H and O–H groups in total. The lowest BCUT2D eigenvalue weighted by Crippen LogP contribution is -2.00. The van der Waals surface area contributed by atoms with Crippen molar-refractivity contribution < 1.29 is 17.2 Å². The zero-order valence-electron chi connectivity index (χ0n) is 28.9. The van der Waals surface area contributed by atoms with Gasteiger partial charge in [0, 0.05) is 21.9 Å². The van der Waals surface area contributed by atoms with E-state index in [1.807, 2.05) is 64.1 Å². The van der Waals surface area contributed by atoms with Gasteiger partial charge in [-0.15, -0.1) is 0 Å². The molecule has 0 spiro atoms. The van der Waals surface area contributed by atoms with E-state index in [9.17, 15) is 17.2 Å². The van der Waals surface area contributed by atoms with E-state index in [1.165, 1.54) is 18.2 Å². The monoisotopic (exact) mass is 712 g/mol. The van der Waals surface area contributed by atoms with Crippen LogP contribution in [0.25, 0.3) is 0 Å². The number of nitriles is 2. The minimum atomic E-state index is -3.31. The lowest BCUT2D eigenvalue weighted by Gasteiger charge is -2.07. The summed E-state index contributed by atoms with van der Waals surface area (Å²) in [6, 6.07) is 26.3. The predicted octanol–water partition coefficient (Wildman–Crippen LogP) is 12.0. The molecule has 4 aromatic carbocycles. The SMILES string of the molecule is CC(C)c1c(F)cccc1Cl.CC(C)c1ccc(Cl)cc1C#N.CC(C)c1ccc(S(C)(=O)=O)cc1F.CC(C)c1ccccc1C#N. The van der Waals surface area contributed by atoms with Gasteiger partial charge in [-0.2, -0.15) is 10.5 Å². The van der Waals surface area contributed by atoms with Crippen molar-refractivity contribution in [3.63, 3.8) is 0 Å². The third-order valence-corrected chi connectivity index (χ3v) is 8.74. The van der Waals surface area contributed by atoms with E-state index >= 15 is 0 Å². The Morgan fingerprint density at radius 3 is 1.54 bits per heavy atom. The van der Waals surface area contributed by atoms with Gasteiger partial charge in [-0.25, -0.2) is 17.2 Å². The number of benzene rings is 4. The van der Waals surface area contributed by atoms with E-state index < -0.39 is 15.7 Å². The minimum Gasteiger partial charge on any atom is -0.224 e. The third kappa shape index (κ3) is 13.4. The van der Waals surface area contributed by atoms with Crippen molar-refractivity contribution in [2.45, 2.75) is 84.0 Å². The summed E-state index contributed by atoms with van der Waals surface area (Å²) in [6.45, 7) is 15.9. The van der Waals surface area contributed by atoms with Crippen molar-refractivity contribution in [2.75, 3.05) is 6.26 Å². The predicted molar refractivity (Wildman–Crippen MR) is 195 cm³/mol. The van der Waals surface area contributed by atoms with Crippen LogP contribution in [0.3, 0.4) is 0 Å². The molecule has 48 heavy (non-hydrogen) atoms. The van der Waals surface area contributed by atoms with Crippen LogP contribution in [0, 0.1) is 34.3 Å². The van der Waals surface area contributed by atoms with Gasteiger partial charge in [0.1, 0.15) is 11.6 Å². The number of hydrogen-bond acceptors (Lipinski definition) is 4. The molecule has 0 bridgehead atoms. The van der Waals surface area contributed by atoms with Gasteiger partial charge in [0.25, 0.3) is 0 Å². The van der Waals surface area contributed by atoms with Crippen LogP contribution >= 0.6 is 23.2 Å². The average molecular weight is 714 g/mol. The van der Waals surface area contributed by atoms with Gasteiger partial charge < -0.3 is 0 Å². The van der Waals surface area contributed by atoms with Gasteiger partial charge >= 0.3 is 0 Å². The lowest BCUT2D eigenvalue weighted by atomic mass is 9.98. The van der Waals surface area contributed by atoms with Gasteiger partial charge in [0.05, 0.1) is 28.2 Å². The Morgan fingerprint density at radius 2 is 1.12 bits per heavy atom. The molecule has 0 amide bonds. The van der Waals surface area contributed by atoms with E-state index in [2.05, 4.69) is 39.8 Å². The summed E-state index contributed by atoms with van der Waals surface area (Å²) in [5.41, 5.74) is 4.81. The Bertz CT molecular complexity index is 1820. The average Bonchev–Trinajstić information content (AvgIpc) is 3.00. The molecule has 0 atom stereocenters. The Morgan fingerprint density at radius 1 is 0.604 bits per heavy atom. The molecule has 4 rings (SSSR count). The van der Waals surface area contributed by atoms with Crippen molar-refractivity contribution in [3.05, 3.63) is 134 Å². The fourth-order valence-corrected chi connectivity index (χ4v) is 5.69. The molecule has 0 unspecified atom stereocenters. The molecule has 0 radical (unpaired) electrons. The van der Waals surface area contributed by atoms with E-state index in [0.29, 0.717) is 38.6 Å². The number of rotatable bonds is 5. The molecule has 9 heteroatoms. The summed E-state index contributed by atoms with van der Waals surface area (Å²) in [4.78, 5) is 0.0272. The molecule has 0 saturated heterocycles. The van der Waals surface area contributed by atoms with E-state index in [1.54, 1.807) is 18.2 Å². The van der Waals surface area contributed by atoms with Crippen LogP contribution < -0.4 is 0 Å². The molecule has 4 nitrogen and oxygen atoms in total. The summed E-state index contributed by atoms with van der Waals surface area (Å²) >= 11 is 11.5. The zero-order chi connectivity index (χ0) is 36.8. The highest BCUT2D eigenvalue weighted by molar-refractivity contribution is 7.90. The maximum absolute atomic E-state index is 13.4. The van der Waals surface area contributed by atoms with Crippen LogP contribution in [0.2, 0.25) is 10.0 Å². The fraction of sp³-hybridized carbons (Fsp3) is 0.333. The van der Waals surface area contributed by atoms with Crippen LogP contribution in [0.15, 0.2) is 83.8 Å². The van der Waals surface area contributed by atoms with Gasteiger partial charge in [0.2, 0.25) is 0 Å². The smallest absolute Gasteiger partial charge is 0.175 e. The number of halogens is 4. The van der Waals surface area contributed by atoms with Crippen molar-refractivity contribution in [1.29, 1.82) is 10.5 Å². The second kappa shape index (κ2) is 19.9. The summed E-state index contributed by atoms with van der Waals surface area (Å²) in [5, 5.41) is 18.6. The van der Waals surface area contributed by atoms with Crippen molar-refractivity contribution in [3.8, 4) is 12.1 Å². The van der Waals surface area contributed by atoms with Crippen molar-refractivity contribution >= 4 is 33.0 Å². The normalized spacial score (nSPS) is 10.6. The highest BCUT2D eigenvalue weighted by Crippen LogP contribution is 2.26. The first-order chi connectivity index (χ1) is 22.3. The molecule has 0 aliphatic carbocycles. The van der Waals surface area contributed by atoms with Crippen LogP contribution in [-0.2, 0) is 9.84 Å². The Hall–Kier alpha value is -3.75. The molecule has 0 heterocycles. The van der Waals surface area contributed by atoms with E-state index in [4.69, 9.17) is 33.7 Å². The van der Waals surface area contributed by atoms with E-state index in [-0.39, 0.29) is 22.5 Å². The fourth-order valence-electron chi connectivity index (χ4n) is 4.50. The molecule has 0 aliphatic rings. The van der Waals surface area contributed by atoms with Crippen LogP contribution in [0.5, 0.6) is 0 Å². The summed E-state index contributed by atoms with van der Waals surface area (Å²) in [7, 11) is -3.31. The maximum Gasteiger partial charge on any atom is 0.175 e. The Labute approximate surface area is 295 Å². The van der Waals surface area contributed by atoms with Crippen LogP contribution in [-0.4, -0.2) is 14.7 Å². The molecular formula is C39H44Cl2F2N2O2S. The molecular weight excluding hydrogens is 669 g/mol. The minimum absolute atomic E-state index is 0.0272. The first kappa shape index (κ1) is 42.3. The first-order valence-electron chi connectivity index (χ1n) is 15.5. The van der Waals surface area contributed by atoms with Gasteiger partial charge in [0.15, 0.2) is 9.84 Å². The van der Waals surface area contributed by atoms with Crippen molar-refractivity contribution in [1.82, 2.24) is 0 Å². The molecule has 0 fully saturated rings. The summed E-state index contributed by atoms with van der Waals surface area (Å²) in [5.74, 6) is 0.338. The standard InChI is InChI=1S/C10H10ClN.C10H13FO2S.C10H11N.C9H10ClF/c1-7(2)10-4-3-9(11)5-8(10)6-12;1-7(2)9-5-4-8(6-10(9)11)14(3,12)13;1-8(2)10-6-4-3-5-9(10)7-11;1-6(2)9-7(10)4-3-5-8(9)11/h3-5,7H,1-2H3;4-7H,1-3H3;3-6,8H,1-2H3;3-6H,1-2H3. The quantitative estimate of drug-likeness (QED) is 0.206. The third-order valence-electron chi connectivity index (χ3n) is 7.06. The van der Waals surface area contributed by atoms with Crippen molar-refractivity contribution in [2.24, 2.45) is 0 Å². The highest BCUT2D eigenvalue weighted by Gasteiger charge is 2.13. The number of sulfone groups is 1. The Kier molecular flexibility index (Phi) is 17.5. The molecule has 0 aromatic heterocycles. The summed E-state index contributed by atoms with van der Waals surface area (Å²) in [6.07, 6.45) is 1.07. The highest BCUT2D eigenvalue weighted by atomic mass is 35.5. The van der Waals surface area contributed by atoms with Gasteiger partial charge in [-0.05, 0) is 82.8 Å². The molecule has 0 aliphatic heterocycles. The Balaban J connectivity index is 0.000000322. The van der Waals surface area contributed by atoms with Gasteiger partial charge in [-0.1, -0.05) is 115 Å². The van der Waals surface area contributed by atoms with E-state index in [0.717, 1.165) is 29.0 Å². The molecule has 4 aromatic rings. The maximum atomic E-state index is 13.4. The second-order valence-corrected chi connectivity index (χ2v) is 15.1. The largest absolute Gasteiger partial charge is 0.224 e. The van der Waals surface area contributed by atoms with Crippen LogP contribution in [0.1, 0.15) is 112 Å². The summed E-state index contributed by atoms with van der Waals surface area (Å²) < 4.78 is 48.6. The number of nitrogens with zero attached hydrogens (tertiary/aromatic N) is 2. The van der Waals surface area contributed by atoms with Crippen LogP contribution in [0.4, 0.5) is 8.78 Å². The van der Waals surface area contributed by atoms with Gasteiger partial charge in [-0.3, -0.25) is 0 Å². The molecule has 256 valence electrons. The number of hydrogen-bond donors (Lipinski definition) is 0. The topological polar surface area (TPSA) is 81.7 Å². The second-order valence-electron chi connectivity index (χ2n) is 12.3. The first-order valence-corrected chi connectivity index (χ1v) is 18.1. The zero-order valence-corrected chi connectivity index (χ0v) is 31.3.